The van der Waals surface area contributed by atoms with Crippen LogP contribution in [0.2, 0.25) is 0 Å². The van der Waals surface area contributed by atoms with Gasteiger partial charge in [-0.15, -0.1) is 0 Å². The van der Waals surface area contributed by atoms with Crippen molar-refractivity contribution in [3.8, 4) is 6.07 Å². The summed E-state index contributed by atoms with van der Waals surface area (Å²) in [4.78, 5) is 6.40. The highest BCUT2D eigenvalue weighted by Gasteiger charge is 2.10. The highest BCUT2D eigenvalue weighted by Crippen LogP contribution is 2.17. The Labute approximate surface area is 94.7 Å². The van der Waals surface area contributed by atoms with Gasteiger partial charge in [-0.25, -0.2) is 4.98 Å². The van der Waals surface area contributed by atoms with Crippen molar-refractivity contribution >= 4 is 16.7 Å². The second-order valence-corrected chi connectivity index (χ2v) is 4.38. The standard InChI is InChI=1S/C10H16N4S/c1-4-5-9-12-10(15-13-9)14(3)7-8(2)6-11/h8H,4-5,7H2,1-3H3. The molecule has 0 bridgehead atoms. The van der Waals surface area contributed by atoms with E-state index in [4.69, 9.17) is 5.26 Å². The maximum Gasteiger partial charge on any atom is 0.204 e. The molecule has 0 aromatic carbocycles. The lowest BCUT2D eigenvalue weighted by atomic mass is 10.2. The fourth-order valence-electron chi connectivity index (χ4n) is 1.25. The lowest BCUT2D eigenvalue weighted by Crippen LogP contribution is -2.22. The molecular weight excluding hydrogens is 208 g/mol. The fourth-order valence-corrected chi connectivity index (χ4v) is 1.93. The van der Waals surface area contributed by atoms with Crippen LogP contribution in [0.1, 0.15) is 26.1 Å². The molecule has 0 aliphatic rings. The Morgan fingerprint density at radius 3 is 2.93 bits per heavy atom. The molecule has 0 saturated carbocycles. The summed E-state index contributed by atoms with van der Waals surface area (Å²) in [5, 5.41) is 9.61. The molecule has 0 fully saturated rings. The number of rotatable bonds is 5. The van der Waals surface area contributed by atoms with Crippen molar-refractivity contribution in [1.29, 1.82) is 5.26 Å². The van der Waals surface area contributed by atoms with Crippen molar-refractivity contribution < 1.29 is 0 Å². The van der Waals surface area contributed by atoms with Crippen LogP contribution in [0.25, 0.3) is 0 Å². The predicted molar refractivity (Wildman–Crippen MR) is 62.0 cm³/mol. The molecule has 0 amide bonds. The summed E-state index contributed by atoms with van der Waals surface area (Å²) < 4.78 is 4.27. The molecule has 1 aromatic rings. The second kappa shape index (κ2) is 5.66. The lowest BCUT2D eigenvalue weighted by Gasteiger charge is -2.15. The van der Waals surface area contributed by atoms with Crippen molar-refractivity contribution in [2.24, 2.45) is 5.92 Å². The number of aryl methyl sites for hydroxylation is 1. The van der Waals surface area contributed by atoms with Gasteiger partial charge in [0, 0.05) is 31.5 Å². The van der Waals surface area contributed by atoms with E-state index in [0.717, 1.165) is 23.8 Å². The van der Waals surface area contributed by atoms with E-state index in [1.54, 1.807) is 0 Å². The predicted octanol–water partition coefficient (Wildman–Crippen LogP) is 2.09. The number of hydrogen-bond acceptors (Lipinski definition) is 5. The van der Waals surface area contributed by atoms with Gasteiger partial charge in [-0.2, -0.15) is 9.64 Å². The normalized spacial score (nSPS) is 12.1. The Kier molecular flexibility index (Phi) is 4.50. The number of hydrogen-bond donors (Lipinski definition) is 0. The van der Waals surface area contributed by atoms with Crippen LogP contribution in [0.3, 0.4) is 0 Å². The minimum atomic E-state index is 0.0218. The molecule has 1 rings (SSSR count). The number of nitriles is 1. The third-order valence-electron chi connectivity index (χ3n) is 2.03. The minimum Gasteiger partial charge on any atom is -0.349 e. The van der Waals surface area contributed by atoms with Gasteiger partial charge in [0.05, 0.1) is 12.0 Å². The van der Waals surface area contributed by atoms with Gasteiger partial charge in [-0.1, -0.05) is 6.92 Å². The first-order valence-corrected chi connectivity index (χ1v) is 5.88. The third-order valence-corrected chi connectivity index (χ3v) is 2.89. The maximum atomic E-state index is 8.71. The quantitative estimate of drug-likeness (QED) is 0.768. The van der Waals surface area contributed by atoms with Crippen LogP contribution in [-0.4, -0.2) is 22.9 Å². The van der Waals surface area contributed by atoms with E-state index in [-0.39, 0.29) is 5.92 Å². The molecule has 0 aliphatic heterocycles. The first-order chi connectivity index (χ1) is 7.17. The van der Waals surface area contributed by atoms with Crippen LogP contribution in [-0.2, 0) is 6.42 Å². The van der Waals surface area contributed by atoms with Crippen LogP contribution in [0.5, 0.6) is 0 Å². The Morgan fingerprint density at radius 1 is 1.60 bits per heavy atom. The van der Waals surface area contributed by atoms with E-state index in [0.29, 0.717) is 6.54 Å². The summed E-state index contributed by atoms with van der Waals surface area (Å²) in [6, 6.07) is 2.21. The molecule has 1 unspecified atom stereocenters. The van der Waals surface area contributed by atoms with E-state index >= 15 is 0 Å². The van der Waals surface area contributed by atoms with Crippen LogP contribution >= 0.6 is 11.5 Å². The van der Waals surface area contributed by atoms with Crippen LogP contribution in [0.4, 0.5) is 5.13 Å². The Balaban J connectivity index is 2.58. The van der Waals surface area contributed by atoms with Crippen LogP contribution in [0, 0.1) is 17.2 Å². The van der Waals surface area contributed by atoms with Gasteiger partial charge < -0.3 is 4.90 Å². The Hall–Kier alpha value is -1.15. The summed E-state index contributed by atoms with van der Waals surface area (Å²) >= 11 is 1.41. The number of nitrogens with zero attached hydrogens (tertiary/aromatic N) is 4. The fraction of sp³-hybridized carbons (Fsp3) is 0.700. The van der Waals surface area contributed by atoms with Gasteiger partial charge >= 0.3 is 0 Å². The average Bonchev–Trinajstić information content (AvgIpc) is 2.67. The lowest BCUT2D eigenvalue weighted by molar-refractivity contribution is 0.713. The molecule has 15 heavy (non-hydrogen) atoms. The molecule has 82 valence electrons. The molecule has 1 heterocycles. The van der Waals surface area contributed by atoms with Crippen molar-refractivity contribution in [3.05, 3.63) is 5.82 Å². The summed E-state index contributed by atoms with van der Waals surface area (Å²) in [7, 11) is 1.95. The van der Waals surface area contributed by atoms with Crippen molar-refractivity contribution in [2.45, 2.75) is 26.7 Å². The zero-order valence-corrected chi connectivity index (χ0v) is 10.2. The van der Waals surface area contributed by atoms with Gasteiger partial charge in [-0.05, 0) is 13.3 Å². The SMILES string of the molecule is CCCc1nsc(N(C)CC(C)C#N)n1. The number of anilines is 1. The summed E-state index contributed by atoms with van der Waals surface area (Å²) in [5.41, 5.74) is 0. The molecule has 5 heteroatoms. The van der Waals surface area contributed by atoms with E-state index in [1.807, 2.05) is 18.9 Å². The number of aromatic nitrogens is 2. The van der Waals surface area contributed by atoms with Gasteiger partial charge in [0.2, 0.25) is 5.13 Å². The highest BCUT2D eigenvalue weighted by atomic mass is 32.1. The van der Waals surface area contributed by atoms with E-state index < -0.39 is 0 Å². The van der Waals surface area contributed by atoms with Gasteiger partial charge in [0.25, 0.3) is 0 Å². The summed E-state index contributed by atoms with van der Waals surface area (Å²) in [6.45, 7) is 4.73. The van der Waals surface area contributed by atoms with E-state index in [1.165, 1.54) is 11.5 Å². The monoisotopic (exact) mass is 224 g/mol. The molecule has 0 aliphatic carbocycles. The highest BCUT2D eigenvalue weighted by molar-refractivity contribution is 7.09. The third kappa shape index (κ3) is 3.48. The van der Waals surface area contributed by atoms with Crippen molar-refractivity contribution in [3.63, 3.8) is 0 Å². The van der Waals surface area contributed by atoms with Crippen LogP contribution < -0.4 is 4.90 Å². The van der Waals surface area contributed by atoms with E-state index in [2.05, 4.69) is 22.4 Å². The summed E-state index contributed by atoms with van der Waals surface area (Å²) in [6.07, 6.45) is 1.99. The first-order valence-electron chi connectivity index (χ1n) is 5.10. The van der Waals surface area contributed by atoms with Gasteiger partial charge in [0.1, 0.15) is 5.82 Å². The smallest absolute Gasteiger partial charge is 0.204 e. The zero-order valence-electron chi connectivity index (χ0n) is 9.40. The molecule has 0 spiro atoms. The molecule has 0 saturated heterocycles. The summed E-state index contributed by atoms with van der Waals surface area (Å²) in [5.74, 6) is 0.933. The second-order valence-electron chi connectivity index (χ2n) is 3.65. The topological polar surface area (TPSA) is 52.8 Å². The molecular formula is C10H16N4S. The maximum absolute atomic E-state index is 8.71. The minimum absolute atomic E-state index is 0.0218. The molecule has 0 N–H and O–H groups in total. The Morgan fingerprint density at radius 2 is 2.33 bits per heavy atom. The van der Waals surface area contributed by atoms with Crippen molar-refractivity contribution in [2.75, 3.05) is 18.5 Å². The Bertz CT molecular complexity index is 341. The van der Waals surface area contributed by atoms with Gasteiger partial charge in [0.15, 0.2) is 0 Å². The largest absolute Gasteiger partial charge is 0.349 e. The molecule has 1 atom stereocenters. The zero-order chi connectivity index (χ0) is 11.3. The van der Waals surface area contributed by atoms with Gasteiger partial charge in [-0.3, -0.25) is 0 Å². The van der Waals surface area contributed by atoms with Crippen LogP contribution in [0.15, 0.2) is 0 Å². The van der Waals surface area contributed by atoms with E-state index in [9.17, 15) is 0 Å². The average molecular weight is 224 g/mol. The first kappa shape index (κ1) is 11.9. The molecule has 1 aromatic heterocycles. The molecule has 4 nitrogen and oxygen atoms in total. The molecule has 0 radical (unpaired) electrons. The van der Waals surface area contributed by atoms with Crippen molar-refractivity contribution in [1.82, 2.24) is 9.36 Å².